The van der Waals surface area contributed by atoms with Gasteiger partial charge in [0.2, 0.25) is 5.91 Å². The van der Waals surface area contributed by atoms with Crippen LogP contribution in [0, 0.1) is 5.82 Å². The van der Waals surface area contributed by atoms with E-state index in [4.69, 9.17) is 4.74 Å². The van der Waals surface area contributed by atoms with E-state index in [-0.39, 0.29) is 23.3 Å². The van der Waals surface area contributed by atoms with Crippen LogP contribution in [-0.2, 0) is 4.79 Å². The number of halogens is 1. The fourth-order valence-electron chi connectivity index (χ4n) is 4.54. The summed E-state index contributed by atoms with van der Waals surface area (Å²) in [4.78, 5) is 33.3. The first-order chi connectivity index (χ1) is 17.1. The molecule has 1 saturated carbocycles. The van der Waals surface area contributed by atoms with Crippen molar-refractivity contribution in [3.05, 3.63) is 90.0 Å². The summed E-state index contributed by atoms with van der Waals surface area (Å²) in [6, 6.07) is 16.8. The van der Waals surface area contributed by atoms with Crippen LogP contribution in [0.5, 0.6) is 5.75 Å². The maximum atomic E-state index is 14.4. The molecule has 1 aromatic heterocycles. The summed E-state index contributed by atoms with van der Waals surface area (Å²) in [5.41, 5.74) is 0.938. The van der Waals surface area contributed by atoms with Crippen molar-refractivity contribution in [3.8, 4) is 5.75 Å². The Labute approximate surface area is 205 Å². The average Bonchev–Trinajstić information content (AvgIpc) is 2.88. The molecule has 0 bridgehead atoms. The van der Waals surface area contributed by atoms with E-state index in [0.717, 1.165) is 32.1 Å². The third-order valence-corrected chi connectivity index (χ3v) is 6.16. The zero-order valence-corrected chi connectivity index (χ0v) is 19.8. The molecule has 3 aromatic rings. The molecular formula is C28H30FN3O3. The standard InChI is InChI=1S/C28H30FN3O3/c1-2-35-25-17-7-6-15-23(25)26(27(33)31-21-12-4-3-5-13-21)32(22-14-10-11-20(29)19-22)28(34)24-16-8-9-18-30-24/h6-11,14-19,21,26H,2-5,12-13H2,1H3,(H,31,33). The number of ether oxygens (including phenoxy) is 1. The quantitative estimate of drug-likeness (QED) is 0.470. The molecule has 0 spiro atoms. The van der Waals surface area contributed by atoms with Crippen LogP contribution in [0.1, 0.15) is 61.1 Å². The lowest BCUT2D eigenvalue weighted by molar-refractivity contribution is -0.123. The molecule has 4 rings (SSSR count). The highest BCUT2D eigenvalue weighted by atomic mass is 19.1. The van der Waals surface area contributed by atoms with Gasteiger partial charge in [0.1, 0.15) is 23.3 Å². The molecule has 1 N–H and O–H groups in total. The van der Waals surface area contributed by atoms with Crippen molar-refractivity contribution in [2.75, 3.05) is 11.5 Å². The largest absolute Gasteiger partial charge is 0.493 e. The predicted molar refractivity (Wildman–Crippen MR) is 133 cm³/mol. The molecule has 2 aromatic carbocycles. The first kappa shape index (κ1) is 24.4. The van der Waals surface area contributed by atoms with Crippen molar-refractivity contribution < 1.29 is 18.7 Å². The van der Waals surface area contributed by atoms with Gasteiger partial charge in [0.05, 0.1) is 6.61 Å². The van der Waals surface area contributed by atoms with Crippen LogP contribution in [0.4, 0.5) is 10.1 Å². The van der Waals surface area contributed by atoms with Gasteiger partial charge >= 0.3 is 0 Å². The van der Waals surface area contributed by atoms with Crippen LogP contribution >= 0.6 is 0 Å². The molecule has 2 amide bonds. The summed E-state index contributed by atoms with van der Waals surface area (Å²) in [6.07, 6.45) is 6.54. The van der Waals surface area contributed by atoms with Crippen molar-refractivity contribution in [1.82, 2.24) is 10.3 Å². The first-order valence-electron chi connectivity index (χ1n) is 12.1. The van der Waals surface area contributed by atoms with Gasteiger partial charge in [-0.25, -0.2) is 4.39 Å². The van der Waals surface area contributed by atoms with E-state index in [1.807, 2.05) is 13.0 Å². The van der Waals surface area contributed by atoms with Gasteiger partial charge in [-0.15, -0.1) is 0 Å². The molecule has 182 valence electrons. The van der Waals surface area contributed by atoms with Crippen LogP contribution in [0.3, 0.4) is 0 Å². The number of amides is 2. The Morgan fingerprint density at radius 3 is 2.54 bits per heavy atom. The minimum Gasteiger partial charge on any atom is -0.493 e. The minimum atomic E-state index is -1.09. The van der Waals surface area contributed by atoms with Crippen LogP contribution in [0.25, 0.3) is 0 Å². The molecule has 0 radical (unpaired) electrons. The van der Waals surface area contributed by atoms with Crippen LogP contribution in [0.15, 0.2) is 72.9 Å². The highest BCUT2D eigenvalue weighted by molar-refractivity contribution is 6.09. The summed E-state index contributed by atoms with van der Waals surface area (Å²) in [5.74, 6) is -0.858. The zero-order chi connectivity index (χ0) is 24.6. The first-order valence-corrected chi connectivity index (χ1v) is 12.1. The zero-order valence-electron chi connectivity index (χ0n) is 19.8. The Kier molecular flexibility index (Phi) is 8.08. The third kappa shape index (κ3) is 5.85. The lowest BCUT2D eigenvalue weighted by atomic mass is 9.94. The number of nitrogens with zero attached hydrogens (tertiary/aromatic N) is 2. The van der Waals surface area contributed by atoms with Crippen molar-refractivity contribution in [2.45, 2.75) is 51.1 Å². The third-order valence-electron chi connectivity index (χ3n) is 6.16. The van der Waals surface area contributed by atoms with Crippen molar-refractivity contribution in [2.24, 2.45) is 0 Å². The van der Waals surface area contributed by atoms with Gasteiger partial charge in [-0.3, -0.25) is 19.5 Å². The Morgan fingerprint density at radius 1 is 1.06 bits per heavy atom. The molecule has 7 heteroatoms. The van der Waals surface area contributed by atoms with Gasteiger partial charge in [0, 0.05) is 23.5 Å². The lowest BCUT2D eigenvalue weighted by Gasteiger charge is -2.34. The van der Waals surface area contributed by atoms with Crippen LogP contribution in [-0.4, -0.2) is 29.4 Å². The van der Waals surface area contributed by atoms with Crippen molar-refractivity contribution in [3.63, 3.8) is 0 Å². The fourth-order valence-corrected chi connectivity index (χ4v) is 4.54. The summed E-state index contributed by atoms with van der Waals surface area (Å²) in [6.45, 7) is 2.25. The molecule has 1 heterocycles. The Hall–Kier alpha value is -3.74. The number of anilines is 1. The minimum absolute atomic E-state index is 0.0253. The number of nitrogens with one attached hydrogen (secondary N) is 1. The summed E-state index contributed by atoms with van der Waals surface area (Å²) >= 11 is 0. The number of rotatable bonds is 8. The maximum Gasteiger partial charge on any atom is 0.277 e. The lowest BCUT2D eigenvalue weighted by Crippen LogP contribution is -2.47. The van der Waals surface area contributed by atoms with Gasteiger partial charge in [0.15, 0.2) is 0 Å². The summed E-state index contributed by atoms with van der Waals surface area (Å²) < 4.78 is 20.2. The highest BCUT2D eigenvalue weighted by Crippen LogP contribution is 2.35. The van der Waals surface area contributed by atoms with Gasteiger partial charge in [0.25, 0.3) is 5.91 Å². The average molecular weight is 476 g/mol. The monoisotopic (exact) mass is 475 g/mol. The van der Waals surface area contributed by atoms with E-state index in [0.29, 0.717) is 17.9 Å². The number of hydrogen-bond donors (Lipinski definition) is 1. The van der Waals surface area contributed by atoms with E-state index in [9.17, 15) is 14.0 Å². The number of pyridine rings is 1. The van der Waals surface area contributed by atoms with Gasteiger partial charge in [-0.1, -0.05) is 49.6 Å². The second kappa shape index (κ2) is 11.6. The molecule has 1 aliphatic rings. The topological polar surface area (TPSA) is 71.5 Å². The Bertz CT molecular complexity index is 1150. The van der Waals surface area contributed by atoms with E-state index in [1.54, 1.807) is 42.5 Å². The fraction of sp³-hybridized carbons (Fsp3) is 0.321. The molecular weight excluding hydrogens is 445 g/mol. The van der Waals surface area contributed by atoms with Crippen molar-refractivity contribution >= 4 is 17.5 Å². The van der Waals surface area contributed by atoms with E-state index in [1.165, 1.54) is 29.3 Å². The van der Waals surface area contributed by atoms with Crippen molar-refractivity contribution in [1.29, 1.82) is 0 Å². The number of para-hydroxylation sites is 1. The van der Waals surface area contributed by atoms with E-state index < -0.39 is 17.8 Å². The molecule has 0 saturated heterocycles. The normalized spacial score (nSPS) is 14.7. The SMILES string of the molecule is CCOc1ccccc1C(C(=O)NC1CCCCC1)N(C(=O)c1ccccn1)c1cccc(F)c1. The Balaban J connectivity index is 1.85. The smallest absolute Gasteiger partial charge is 0.277 e. The molecule has 0 aliphatic heterocycles. The van der Waals surface area contributed by atoms with Gasteiger partial charge < -0.3 is 10.1 Å². The number of hydrogen-bond acceptors (Lipinski definition) is 4. The molecule has 6 nitrogen and oxygen atoms in total. The van der Waals surface area contributed by atoms with Gasteiger partial charge in [-0.05, 0) is 56.2 Å². The van der Waals surface area contributed by atoms with E-state index in [2.05, 4.69) is 10.3 Å². The molecule has 1 atom stereocenters. The summed E-state index contributed by atoms with van der Waals surface area (Å²) in [5, 5.41) is 3.16. The number of benzene rings is 2. The van der Waals surface area contributed by atoms with Gasteiger partial charge in [-0.2, -0.15) is 0 Å². The van der Waals surface area contributed by atoms with E-state index >= 15 is 0 Å². The second-order valence-corrected chi connectivity index (χ2v) is 8.59. The number of carbonyl (C=O) groups excluding carboxylic acids is 2. The molecule has 1 fully saturated rings. The Morgan fingerprint density at radius 2 is 1.83 bits per heavy atom. The predicted octanol–water partition coefficient (Wildman–Crippen LogP) is 5.46. The number of aromatic nitrogens is 1. The maximum absolute atomic E-state index is 14.4. The number of carbonyl (C=O) groups is 2. The molecule has 1 unspecified atom stereocenters. The summed E-state index contributed by atoms with van der Waals surface area (Å²) in [7, 11) is 0. The highest BCUT2D eigenvalue weighted by Gasteiger charge is 2.37. The molecule has 1 aliphatic carbocycles. The van der Waals surface area contributed by atoms with Crippen LogP contribution in [0.2, 0.25) is 0 Å². The molecule has 35 heavy (non-hydrogen) atoms. The van der Waals surface area contributed by atoms with Crippen LogP contribution < -0.4 is 15.0 Å². The second-order valence-electron chi connectivity index (χ2n) is 8.59.